The molecule has 1 aromatic carbocycles. The molecule has 4 heteroatoms. The minimum Gasteiger partial charge on any atom is -0.310 e. The predicted octanol–water partition coefficient (Wildman–Crippen LogP) is 3.17. The molecular weight excluding hydrogens is 266 g/mol. The lowest BCUT2D eigenvalue weighted by Crippen LogP contribution is -2.26. The SMILES string of the molecule is CSC1(CNCc2cnc(C)n2-c2ccccc2)CC1. The molecule has 1 saturated carbocycles. The lowest BCUT2D eigenvalue weighted by Gasteiger charge is -2.14. The zero-order valence-electron chi connectivity index (χ0n) is 12.1. The minimum atomic E-state index is 0.507. The van der Waals surface area contributed by atoms with Gasteiger partial charge in [0.2, 0.25) is 0 Å². The molecule has 3 rings (SSSR count). The molecule has 1 fully saturated rings. The topological polar surface area (TPSA) is 29.9 Å². The fraction of sp³-hybridized carbons (Fsp3) is 0.438. The number of aromatic nitrogens is 2. The Kier molecular flexibility index (Phi) is 3.85. The lowest BCUT2D eigenvalue weighted by atomic mass is 10.3. The second-order valence-electron chi connectivity index (χ2n) is 5.46. The van der Waals surface area contributed by atoms with Gasteiger partial charge in [0.15, 0.2) is 0 Å². The van der Waals surface area contributed by atoms with E-state index >= 15 is 0 Å². The number of para-hydroxylation sites is 1. The first-order valence-corrected chi connectivity index (χ1v) is 8.31. The molecule has 3 nitrogen and oxygen atoms in total. The first-order valence-electron chi connectivity index (χ1n) is 7.09. The number of imidazole rings is 1. The molecule has 0 atom stereocenters. The van der Waals surface area contributed by atoms with Crippen LogP contribution >= 0.6 is 11.8 Å². The number of hydrogen-bond acceptors (Lipinski definition) is 3. The number of benzene rings is 1. The van der Waals surface area contributed by atoms with Crippen molar-refractivity contribution in [1.29, 1.82) is 0 Å². The van der Waals surface area contributed by atoms with E-state index in [1.807, 2.05) is 24.0 Å². The third-order valence-corrected chi connectivity index (χ3v) is 5.44. The third kappa shape index (κ3) is 2.76. The molecule has 0 amide bonds. The van der Waals surface area contributed by atoms with Gasteiger partial charge in [-0.2, -0.15) is 11.8 Å². The Morgan fingerprint density at radius 1 is 1.30 bits per heavy atom. The molecule has 0 saturated heterocycles. The highest BCUT2D eigenvalue weighted by Gasteiger charge is 2.41. The molecule has 1 heterocycles. The summed E-state index contributed by atoms with van der Waals surface area (Å²) in [7, 11) is 0. The number of hydrogen-bond donors (Lipinski definition) is 1. The third-order valence-electron chi connectivity index (χ3n) is 4.02. The van der Waals surface area contributed by atoms with E-state index < -0.39 is 0 Å². The summed E-state index contributed by atoms with van der Waals surface area (Å²) in [6, 6.07) is 10.4. The highest BCUT2D eigenvalue weighted by Crippen LogP contribution is 2.46. The van der Waals surface area contributed by atoms with E-state index in [4.69, 9.17) is 0 Å². The molecule has 0 unspecified atom stereocenters. The number of aryl methyl sites for hydroxylation is 1. The minimum absolute atomic E-state index is 0.507. The van der Waals surface area contributed by atoms with E-state index in [0.717, 1.165) is 18.9 Å². The van der Waals surface area contributed by atoms with Crippen LogP contribution in [0.2, 0.25) is 0 Å². The lowest BCUT2D eigenvalue weighted by molar-refractivity contribution is 0.644. The second kappa shape index (κ2) is 5.62. The van der Waals surface area contributed by atoms with E-state index in [9.17, 15) is 0 Å². The molecule has 20 heavy (non-hydrogen) atoms. The second-order valence-corrected chi connectivity index (χ2v) is 6.73. The Morgan fingerprint density at radius 3 is 2.70 bits per heavy atom. The van der Waals surface area contributed by atoms with Gasteiger partial charge in [-0.05, 0) is 38.2 Å². The van der Waals surface area contributed by atoms with Crippen molar-refractivity contribution >= 4 is 11.8 Å². The first-order chi connectivity index (χ1) is 9.74. The van der Waals surface area contributed by atoms with Crippen LogP contribution in [0.15, 0.2) is 36.5 Å². The number of nitrogens with one attached hydrogen (secondary N) is 1. The van der Waals surface area contributed by atoms with Crippen LogP contribution in [0.5, 0.6) is 0 Å². The fourth-order valence-corrected chi connectivity index (χ4v) is 3.31. The number of thioether (sulfide) groups is 1. The smallest absolute Gasteiger partial charge is 0.110 e. The van der Waals surface area contributed by atoms with Gasteiger partial charge in [-0.25, -0.2) is 4.98 Å². The zero-order chi connectivity index (χ0) is 14.0. The van der Waals surface area contributed by atoms with Crippen LogP contribution in [-0.4, -0.2) is 27.1 Å². The molecule has 1 aromatic heterocycles. The van der Waals surface area contributed by atoms with Crippen LogP contribution in [0.3, 0.4) is 0 Å². The van der Waals surface area contributed by atoms with Crippen molar-refractivity contribution in [2.24, 2.45) is 0 Å². The van der Waals surface area contributed by atoms with Crippen LogP contribution in [0.4, 0.5) is 0 Å². The monoisotopic (exact) mass is 287 g/mol. The zero-order valence-corrected chi connectivity index (χ0v) is 12.9. The van der Waals surface area contributed by atoms with Crippen molar-refractivity contribution in [3.63, 3.8) is 0 Å². The van der Waals surface area contributed by atoms with Gasteiger partial charge in [-0.1, -0.05) is 18.2 Å². The van der Waals surface area contributed by atoms with E-state index in [-0.39, 0.29) is 0 Å². The summed E-state index contributed by atoms with van der Waals surface area (Å²) in [6.07, 6.45) is 6.89. The summed E-state index contributed by atoms with van der Waals surface area (Å²) < 4.78 is 2.73. The summed E-state index contributed by atoms with van der Waals surface area (Å²) in [4.78, 5) is 4.46. The standard InChI is InChI=1S/C16H21N3S/c1-13-18-11-15(10-17-12-16(20-2)8-9-16)19(13)14-6-4-3-5-7-14/h3-7,11,17H,8-10,12H2,1-2H3. The van der Waals surface area contributed by atoms with Gasteiger partial charge >= 0.3 is 0 Å². The molecule has 1 N–H and O–H groups in total. The molecule has 1 aliphatic rings. The molecular formula is C16H21N3S. The van der Waals surface area contributed by atoms with Crippen LogP contribution in [0.1, 0.15) is 24.4 Å². The van der Waals surface area contributed by atoms with Crippen LogP contribution in [0.25, 0.3) is 5.69 Å². The van der Waals surface area contributed by atoms with Crippen LogP contribution < -0.4 is 5.32 Å². The quantitative estimate of drug-likeness (QED) is 0.885. The Labute approximate surface area is 124 Å². The largest absolute Gasteiger partial charge is 0.310 e. The number of nitrogens with zero attached hydrogens (tertiary/aromatic N) is 2. The maximum absolute atomic E-state index is 4.46. The van der Waals surface area contributed by atoms with E-state index in [1.54, 1.807) is 0 Å². The summed E-state index contributed by atoms with van der Waals surface area (Å²) in [5, 5.41) is 3.60. The Balaban J connectivity index is 1.71. The highest BCUT2D eigenvalue weighted by atomic mass is 32.2. The Morgan fingerprint density at radius 2 is 2.05 bits per heavy atom. The molecule has 2 aromatic rings. The predicted molar refractivity (Wildman–Crippen MR) is 85.5 cm³/mol. The van der Waals surface area contributed by atoms with E-state index in [1.165, 1.54) is 24.2 Å². The van der Waals surface area contributed by atoms with Gasteiger partial charge in [0.25, 0.3) is 0 Å². The number of rotatable bonds is 6. The summed E-state index contributed by atoms with van der Waals surface area (Å²) >= 11 is 1.99. The first kappa shape index (κ1) is 13.7. The maximum atomic E-state index is 4.46. The molecule has 0 radical (unpaired) electrons. The van der Waals surface area contributed by atoms with Gasteiger partial charge in [0.05, 0.1) is 11.9 Å². The highest BCUT2D eigenvalue weighted by molar-refractivity contribution is 8.00. The maximum Gasteiger partial charge on any atom is 0.110 e. The molecule has 106 valence electrons. The summed E-state index contributed by atoms with van der Waals surface area (Å²) in [5.41, 5.74) is 2.41. The Bertz CT molecular complexity index is 573. The van der Waals surface area contributed by atoms with Gasteiger partial charge in [0, 0.05) is 23.5 Å². The van der Waals surface area contributed by atoms with Crippen molar-refractivity contribution < 1.29 is 0 Å². The van der Waals surface area contributed by atoms with Gasteiger partial charge < -0.3 is 5.32 Å². The van der Waals surface area contributed by atoms with Crippen molar-refractivity contribution in [2.75, 3.05) is 12.8 Å². The average Bonchev–Trinajstić information content (AvgIpc) is 3.17. The van der Waals surface area contributed by atoms with Crippen molar-refractivity contribution in [3.05, 3.63) is 48.0 Å². The Hall–Kier alpha value is -1.26. The van der Waals surface area contributed by atoms with Crippen molar-refractivity contribution in [1.82, 2.24) is 14.9 Å². The fourth-order valence-electron chi connectivity index (χ4n) is 2.56. The summed E-state index contributed by atoms with van der Waals surface area (Å²) in [5.74, 6) is 1.04. The average molecular weight is 287 g/mol. The van der Waals surface area contributed by atoms with Crippen LogP contribution in [0, 0.1) is 6.92 Å². The van der Waals surface area contributed by atoms with Gasteiger partial charge in [-0.3, -0.25) is 4.57 Å². The van der Waals surface area contributed by atoms with Crippen LogP contribution in [-0.2, 0) is 6.54 Å². The van der Waals surface area contributed by atoms with E-state index in [0.29, 0.717) is 4.75 Å². The van der Waals surface area contributed by atoms with Gasteiger partial charge in [0.1, 0.15) is 5.82 Å². The van der Waals surface area contributed by atoms with Gasteiger partial charge in [-0.15, -0.1) is 0 Å². The normalized spacial score (nSPS) is 16.3. The summed E-state index contributed by atoms with van der Waals surface area (Å²) in [6.45, 7) is 4.02. The van der Waals surface area contributed by atoms with Crippen molar-refractivity contribution in [3.8, 4) is 5.69 Å². The molecule has 0 spiro atoms. The molecule has 0 bridgehead atoms. The molecule has 0 aliphatic heterocycles. The molecule has 1 aliphatic carbocycles. The van der Waals surface area contributed by atoms with Crippen molar-refractivity contribution in [2.45, 2.75) is 31.1 Å². The van der Waals surface area contributed by atoms with E-state index in [2.05, 4.69) is 52.3 Å².